The Bertz CT molecular complexity index is 639. The van der Waals surface area contributed by atoms with Gasteiger partial charge in [0.2, 0.25) is 0 Å². The van der Waals surface area contributed by atoms with Crippen molar-refractivity contribution in [2.45, 2.75) is 103 Å². The lowest BCUT2D eigenvalue weighted by atomic mass is 9.86. The summed E-state index contributed by atoms with van der Waals surface area (Å²) in [4.78, 5) is 0. The lowest BCUT2D eigenvalue weighted by Gasteiger charge is -2.32. The van der Waals surface area contributed by atoms with Crippen molar-refractivity contribution in [3.63, 3.8) is 0 Å². The summed E-state index contributed by atoms with van der Waals surface area (Å²) in [5, 5.41) is 0. The minimum atomic E-state index is -3.12. The highest BCUT2D eigenvalue weighted by molar-refractivity contribution is 5.40. The summed E-state index contributed by atoms with van der Waals surface area (Å²) < 4.78 is 53.7. The molecule has 1 aromatic carbocycles. The summed E-state index contributed by atoms with van der Waals surface area (Å²) in [7, 11) is 0. The molecule has 1 heterocycles. The molecule has 1 aliphatic heterocycles. The SMILES string of the molecule is CCCc1cc2c(cc1F)OC(CCC(F)(F)OC1CCC(CC)CC1)CC2. The third kappa shape index (κ3) is 5.65. The maximum absolute atomic E-state index is 14.3. The van der Waals surface area contributed by atoms with Crippen molar-refractivity contribution in [3.05, 3.63) is 29.1 Å². The van der Waals surface area contributed by atoms with Crippen molar-refractivity contribution >= 4 is 0 Å². The molecule has 28 heavy (non-hydrogen) atoms. The van der Waals surface area contributed by atoms with E-state index in [0.717, 1.165) is 50.5 Å². The van der Waals surface area contributed by atoms with Crippen LogP contribution in [0.25, 0.3) is 0 Å². The topological polar surface area (TPSA) is 18.5 Å². The minimum Gasteiger partial charge on any atom is -0.490 e. The van der Waals surface area contributed by atoms with E-state index in [2.05, 4.69) is 6.92 Å². The summed E-state index contributed by atoms with van der Waals surface area (Å²) in [6.07, 6.45) is 3.62. The molecule has 158 valence electrons. The molecule has 1 aromatic rings. The van der Waals surface area contributed by atoms with Crippen LogP contribution < -0.4 is 4.74 Å². The first-order valence-corrected chi connectivity index (χ1v) is 10.9. The van der Waals surface area contributed by atoms with Gasteiger partial charge in [-0.3, -0.25) is 0 Å². The van der Waals surface area contributed by atoms with Gasteiger partial charge in [0.15, 0.2) is 0 Å². The highest BCUT2D eigenvalue weighted by Crippen LogP contribution is 2.36. The van der Waals surface area contributed by atoms with Gasteiger partial charge in [0.05, 0.1) is 12.2 Å². The minimum absolute atomic E-state index is 0.217. The molecule has 1 saturated carbocycles. The van der Waals surface area contributed by atoms with E-state index in [1.54, 1.807) is 0 Å². The molecule has 2 aliphatic rings. The number of halogens is 3. The summed E-state index contributed by atoms with van der Waals surface area (Å²) in [6.45, 7) is 4.17. The van der Waals surface area contributed by atoms with Gasteiger partial charge in [-0.1, -0.05) is 26.7 Å². The summed E-state index contributed by atoms with van der Waals surface area (Å²) >= 11 is 0. The molecule has 1 unspecified atom stereocenters. The van der Waals surface area contributed by atoms with Gasteiger partial charge in [0.25, 0.3) is 0 Å². The summed E-state index contributed by atoms with van der Waals surface area (Å²) in [5.74, 6) is 0.899. The Labute approximate surface area is 166 Å². The molecule has 2 nitrogen and oxygen atoms in total. The molecule has 1 fully saturated rings. The molecule has 0 aromatic heterocycles. The number of fused-ring (bicyclic) bond motifs is 1. The van der Waals surface area contributed by atoms with Crippen LogP contribution in [0, 0.1) is 11.7 Å². The van der Waals surface area contributed by atoms with E-state index >= 15 is 0 Å². The van der Waals surface area contributed by atoms with Gasteiger partial charge in [0, 0.05) is 12.5 Å². The zero-order valence-corrected chi connectivity index (χ0v) is 17.1. The Hall–Kier alpha value is -1.23. The molecular weight excluding hydrogens is 365 g/mol. The first kappa shape index (κ1) is 21.5. The average molecular weight is 399 g/mol. The summed E-state index contributed by atoms with van der Waals surface area (Å²) in [6, 6.07) is 3.29. The lowest BCUT2D eigenvalue weighted by molar-refractivity contribution is -0.273. The number of benzene rings is 1. The number of ether oxygens (including phenoxy) is 2. The highest BCUT2D eigenvalue weighted by Gasteiger charge is 2.36. The predicted octanol–water partition coefficient (Wildman–Crippen LogP) is 6.83. The second kappa shape index (κ2) is 9.51. The molecule has 0 bridgehead atoms. The van der Waals surface area contributed by atoms with E-state index in [1.807, 2.05) is 13.0 Å². The van der Waals surface area contributed by atoms with Crippen LogP contribution in [-0.4, -0.2) is 18.3 Å². The van der Waals surface area contributed by atoms with Gasteiger partial charge in [-0.05, 0) is 74.5 Å². The molecule has 5 heteroatoms. The van der Waals surface area contributed by atoms with Crippen molar-refractivity contribution in [2.24, 2.45) is 5.92 Å². The number of alkyl halides is 2. The van der Waals surface area contributed by atoms with Crippen LogP contribution in [-0.2, 0) is 17.6 Å². The second-order valence-electron chi connectivity index (χ2n) is 8.42. The Morgan fingerprint density at radius 1 is 1.11 bits per heavy atom. The second-order valence-corrected chi connectivity index (χ2v) is 8.42. The standard InChI is InChI=1S/C23H33F3O2/c1-3-5-17-14-18-8-11-19(27-22(18)15-21(17)24)12-13-23(25,26)28-20-9-6-16(4-2)7-10-20/h14-16,19-20H,3-13H2,1-2H3. The lowest BCUT2D eigenvalue weighted by Crippen LogP contribution is -2.33. The molecule has 3 rings (SSSR count). The van der Waals surface area contributed by atoms with E-state index in [4.69, 9.17) is 9.47 Å². The fourth-order valence-corrected chi connectivity index (χ4v) is 4.46. The number of hydrogen-bond donors (Lipinski definition) is 0. The first-order chi connectivity index (χ1) is 13.4. The molecule has 1 aliphatic carbocycles. The van der Waals surface area contributed by atoms with Gasteiger partial charge < -0.3 is 9.47 Å². The Morgan fingerprint density at radius 3 is 2.54 bits per heavy atom. The molecule has 0 radical (unpaired) electrons. The van der Waals surface area contributed by atoms with E-state index in [9.17, 15) is 13.2 Å². The van der Waals surface area contributed by atoms with Crippen LogP contribution in [0.5, 0.6) is 5.75 Å². The van der Waals surface area contributed by atoms with E-state index in [1.165, 1.54) is 6.07 Å². The number of rotatable bonds is 8. The van der Waals surface area contributed by atoms with E-state index in [-0.39, 0.29) is 30.9 Å². The van der Waals surface area contributed by atoms with E-state index in [0.29, 0.717) is 30.1 Å². The third-order valence-electron chi connectivity index (χ3n) is 6.25. The number of aryl methyl sites for hydroxylation is 2. The van der Waals surface area contributed by atoms with Gasteiger partial charge >= 0.3 is 6.11 Å². The monoisotopic (exact) mass is 398 g/mol. The maximum Gasteiger partial charge on any atom is 0.356 e. The Balaban J connectivity index is 1.49. The van der Waals surface area contributed by atoms with E-state index < -0.39 is 6.11 Å². The highest BCUT2D eigenvalue weighted by atomic mass is 19.3. The quantitative estimate of drug-likeness (QED) is 0.478. The zero-order valence-electron chi connectivity index (χ0n) is 17.1. The van der Waals surface area contributed by atoms with Crippen molar-refractivity contribution in [3.8, 4) is 5.75 Å². The molecule has 1 atom stereocenters. The molecular formula is C23H33F3O2. The maximum atomic E-state index is 14.3. The number of hydrogen-bond acceptors (Lipinski definition) is 2. The first-order valence-electron chi connectivity index (χ1n) is 10.9. The van der Waals surface area contributed by atoms with Crippen LogP contribution in [0.15, 0.2) is 12.1 Å². The van der Waals surface area contributed by atoms with Crippen LogP contribution in [0.2, 0.25) is 0 Å². The fourth-order valence-electron chi connectivity index (χ4n) is 4.46. The fraction of sp³-hybridized carbons (Fsp3) is 0.739. The van der Waals surface area contributed by atoms with Crippen molar-refractivity contribution in [1.82, 2.24) is 0 Å². The molecule has 0 spiro atoms. The van der Waals surface area contributed by atoms with Crippen LogP contribution in [0.1, 0.15) is 82.8 Å². The van der Waals surface area contributed by atoms with Crippen molar-refractivity contribution in [1.29, 1.82) is 0 Å². The Kier molecular flexibility index (Phi) is 7.30. The summed E-state index contributed by atoms with van der Waals surface area (Å²) in [5.41, 5.74) is 1.69. The largest absolute Gasteiger partial charge is 0.490 e. The van der Waals surface area contributed by atoms with Crippen molar-refractivity contribution < 1.29 is 22.6 Å². The van der Waals surface area contributed by atoms with Crippen LogP contribution in [0.4, 0.5) is 13.2 Å². The molecule has 0 N–H and O–H groups in total. The normalized spacial score (nSPS) is 25.2. The zero-order chi connectivity index (χ0) is 20.1. The smallest absolute Gasteiger partial charge is 0.356 e. The molecule has 0 saturated heterocycles. The predicted molar refractivity (Wildman–Crippen MR) is 104 cm³/mol. The molecule has 0 amide bonds. The van der Waals surface area contributed by atoms with Gasteiger partial charge in [0.1, 0.15) is 11.6 Å². The van der Waals surface area contributed by atoms with Gasteiger partial charge in [-0.25, -0.2) is 4.39 Å². The van der Waals surface area contributed by atoms with Crippen molar-refractivity contribution in [2.75, 3.05) is 0 Å². The van der Waals surface area contributed by atoms with Gasteiger partial charge in [-0.15, -0.1) is 0 Å². The van der Waals surface area contributed by atoms with Crippen LogP contribution >= 0.6 is 0 Å². The van der Waals surface area contributed by atoms with Crippen LogP contribution in [0.3, 0.4) is 0 Å². The average Bonchev–Trinajstić information content (AvgIpc) is 2.67. The third-order valence-corrected chi connectivity index (χ3v) is 6.25. The van der Waals surface area contributed by atoms with Gasteiger partial charge in [-0.2, -0.15) is 8.78 Å². The Morgan fingerprint density at radius 2 is 1.86 bits per heavy atom.